The van der Waals surface area contributed by atoms with Crippen LogP contribution in [0.25, 0.3) is 17.2 Å². The molecular weight excluding hydrogens is 374 g/mol. The second kappa shape index (κ2) is 8.19. The van der Waals surface area contributed by atoms with E-state index in [1.165, 1.54) is 6.08 Å². The summed E-state index contributed by atoms with van der Waals surface area (Å²) in [6.45, 7) is 7.44. The van der Waals surface area contributed by atoms with Crippen molar-refractivity contribution in [2.45, 2.75) is 12.8 Å². The number of allylic oxidation sites excluding steroid dienone is 2. The number of nitrogens with one attached hydrogen (secondary N) is 1. The van der Waals surface area contributed by atoms with Crippen LogP contribution in [0, 0.1) is 0 Å². The van der Waals surface area contributed by atoms with Gasteiger partial charge >= 0.3 is 0 Å². The van der Waals surface area contributed by atoms with Crippen molar-refractivity contribution in [2.75, 3.05) is 0 Å². The standard InChI is InChI=1S/C22H19NO4S/c1-3-5-13-9-16(12-19-21(26)23-22(27)28-19)20(25)17(10-13)14-7-8-18(24)15(11-14)6-4-2/h3-4,7-12,24-25H,1-2,5-6H2,(H,23,26,27)/b19-12-. The zero-order valence-electron chi connectivity index (χ0n) is 15.1. The molecule has 2 amide bonds. The highest BCUT2D eigenvalue weighted by Gasteiger charge is 2.25. The van der Waals surface area contributed by atoms with Crippen molar-refractivity contribution in [3.63, 3.8) is 0 Å². The van der Waals surface area contributed by atoms with E-state index in [1.54, 1.807) is 36.4 Å². The van der Waals surface area contributed by atoms with Crippen molar-refractivity contribution in [1.82, 2.24) is 5.32 Å². The van der Waals surface area contributed by atoms with Crippen molar-refractivity contribution >= 4 is 29.0 Å². The topological polar surface area (TPSA) is 86.6 Å². The molecule has 6 heteroatoms. The third-order valence-corrected chi connectivity index (χ3v) is 5.07. The first kappa shape index (κ1) is 19.5. The molecule has 0 spiro atoms. The minimum Gasteiger partial charge on any atom is -0.508 e. The van der Waals surface area contributed by atoms with Crippen molar-refractivity contribution < 1.29 is 19.8 Å². The molecule has 1 aliphatic heterocycles. The first-order valence-electron chi connectivity index (χ1n) is 8.57. The zero-order valence-corrected chi connectivity index (χ0v) is 15.9. The predicted octanol–water partition coefficient (Wildman–Crippen LogP) is 4.55. The van der Waals surface area contributed by atoms with Gasteiger partial charge in [-0.25, -0.2) is 0 Å². The van der Waals surface area contributed by atoms with Gasteiger partial charge in [0.2, 0.25) is 0 Å². The molecule has 0 radical (unpaired) electrons. The van der Waals surface area contributed by atoms with Crippen LogP contribution in [-0.2, 0) is 17.6 Å². The van der Waals surface area contributed by atoms with Gasteiger partial charge in [0.15, 0.2) is 0 Å². The summed E-state index contributed by atoms with van der Waals surface area (Å²) in [7, 11) is 0. The highest BCUT2D eigenvalue weighted by molar-refractivity contribution is 8.18. The number of hydrogen-bond acceptors (Lipinski definition) is 5. The van der Waals surface area contributed by atoms with Gasteiger partial charge in [-0.3, -0.25) is 14.9 Å². The van der Waals surface area contributed by atoms with Gasteiger partial charge in [0.25, 0.3) is 11.1 Å². The van der Waals surface area contributed by atoms with Gasteiger partial charge in [-0.05, 0) is 71.6 Å². The summed E-state index contributed by atoms with van der Waals surface area (Å²) >= 11 is 0.795. The van der Waals surface area contributed by atoms with Crippen molar-refractivity contribution in [3.8, 4) is 22.6 Å². The smallest absolute Gasteiger partial charge is 0.290 e. The molecule has 1 fully saturated rings. The molecule has 1 saturated heterocycles. The number of amides is 2. The molecule has 0 aromatic heterocycles. The summed E-state index contributed by atoms with van der Waals surface area (Å²) in [5, 5.41) is 22.6. The van der Waals surface area contributed by atoms with E-state index in [4.69, 9.17) is 0 Å². The van der Waals surface area contributed by atoms with Crippen molar-refractivity contribution in [3.05, 3.63) is 77.2 Å². The average molecular weight is 393 g/mol. The lowest BCUT2D eigenvalue weighted by atomic mass is 9.94. The number of phenols is 2. The highest BCUT2D eigenvalue weighted by Crippen LogP contribution is 2.38. The first-order chi connectivity index (χ1) is 13.4. The van der Waals surface area contributed by atoms with E-state index in [0.717, 1.165) is 22.9 Å². The normalized spacial score (nSPS) is 14.9. The van der Waals surface area contributed by atoms with E-state index in [1.807, 2.05) is 6.07 Å². The highest BCUT2D eigenvalue weighted by atomic mass is 32.2. The predicted molar refractivity (Wildman–Crippen MR) is 112 cm³/mol. The lowest BCUT2D eigenvalue weighted by Gasteiger charge is -2.13. The Balaban J connectivity index is 2.15. The summed E-state index contributed by atoms with van der Waals surface area (Å²) in [4.78, 5) is 23.5. The van der Waals surface area contributed by atoms with E-state index >= 15 is 0 Å². The van der Waals surface area contributed by atoms with Gasteiger partial charge < -0.3 is 10.2 Å². The van der Waals surface area contributed by atoms with Gasteiger partial charge in [-0.1, -0.05) is 18.2 Å². The van der Waals surface area contributed by atoms with E-state index < -0.39 is 11.1 Å². The molecule has 0 saturated carbocycles. The van der Waals surface area contributed by atoms with Gasteiger partial charge in [0, 0.05) is 11.1 Å². The van der Waals surface area contributed by atoms with Crippen LogP contribution in [0.3, 0.4) is 0 Å². The average Bonchev–Trinajstić information content (AvgIpc) is 2.97. The van der Waals surface area contributed by atoms with Gasteiger partial charge in [0.1, 0.15) is 11.5 Å². The van der Waals surface area contributed by atoms with E-state index in [9.17, 15) is 19.8 Å². The third-order valence-electron chi connectivity index (χ3n) is 4.26. The minimum absolute atomic E-state index is 0.0108. The fraction of sp³-hybridized carbons (Fsp3) is 0.0909. The zero-order chi connectivity index (χ0) is 20.3. The van der Waals surface area contributed by atoms with Crippen LogP contribution in [0.15, 0.2) is 60.5 Å². The van der Waals surface area contributed by atoms with E-state index in [0.29, 0.717) is 29.5 Å². The quantitative estimate of drug-likeness (QED) is 0.495. The van der Waals surface area contributed by atoms with Crippen LogP contribution in [0.5, 0.6) is 11.5 Å². The molecule has 2 aromatic carbocycles. The second-order valence-corrected chi connectivity index (χ2v) is 7.28. The van der Waals surface area contributed by atoms with Gasteiger partial charge in [-0.2, -0.15) is 0 Å². The summed E-state index contributed by atoms with van der Waals surface area (Å²) in [5.41, 5.74) is 3.29. The monoisotopic (exact) mass is 393 g/mol. The van der Waals surface area contributed by atoms with Crippen LogP contribution in [0.1, 0.15) is 16.7 Å². The Morgan fingerprint density at radius 3 is 2.43 bits per heavy atom. The molecule has 5 nitrogen and oxygen atoms in total. The molecular formula is C22H19NO4S. The number of carbonyl (C=O) groups is 2. The molecule has 0 aliphatic carbocycles. The fourth-order valence-electron chi connectivity index (χ4n) is 2.97. The number of aromatic hydroxyl groups is 2. The van der Waals surface area contributed by atoms with Crippen molar-refractivity contribution in [1.29, 1.82) is 0 Å². The number of imide groups is 1. The molecule has 1 aliphatic rings. The summed E-state index contributed by atoms with van der Waals surface area (Å²) < 4.78 is 0. The Kier molecular flexibility index (Phi) is 5.70. The number of thioether (sulfide) groups is 1. The van der Waals surface area contributed by atoms with Crippen LogP contribution in [0.2, 0.25) is 0 Å². The number of carbonyl (C=O) groups excluding carboxylic acids is 2. The molecule has 1 heterocycles. The summed E-state index contributed by atoms with van der Waals surface area (Å²) in [6.07, 6.45) is 5.99. The lowest BCUT2D eigenvalue weighted by molar-refractivity contribution is -0.115. The third kappa shape index (κ3) is 4.02. The summed E-state index contributed by atoms with van der Waals surface area (Å²) in [6, 6.07) is 8.68. The molecule has 3 rings (SSSR count). The summed E-state index contributed by atoms with van der Waals surface area (Å²) in [5.74, 6) is -0.337. The maximum Gasteiger partial charge on any atom is 0.290 e. The Bertz CT molecular complexity index is 1020. The molecule has 3 N–H and O–H groups in total. The maximum absolute atomic E-state index is 11.9. The van der Waals surface area contributed by atoms with Crippen LogP contribution < -0.4 is 5.32 Å². The molecule has 0 unspecified atom stereocenters. The van der Waals surface area contributed by atoms with Crippen LogP contribution >= 0.6 is 11.8 Å². The molecule has 142 valence electrons. The number of phenolic OH excluding ortho intramolecular Hbond substituents is 2. The molecule has 0 bridgehead atoms. The second-order valence-electron chi connectivity index (χ2n) is 6.26. The van der Waals surface area contributed by atoms with E-state index in [-0.39, 0.29) is 16.4 Å². The Labute approximate surface area is 167 Å². The van der Waals surface area contributed by atoms with Gasteiger partial charge in [0.05, 0.1) is 4.91 Å². The molecule has 28 heavy (non-hydrogen) atoms. The minimum atomic E-state index is -0.483. The largest absolute Gasteiger partial charge is 0.508 e. The fourth-order valence-corrected chi connectivity index (χ4v) is 3.64. The van der Waals surface area contributed by atoms with Crippen LogP contribution in [0.4, 0.5) is 4.79 Å². The Hall–Kier alpha value is -3.25. The number of rotatable bonds is 6. The SMILES string of the molecule is C=CCc1cc(/C=C2\SC(=O)NC2=O)c(O)c(-c2ccc(O)c(CC=C)c2)c1. The molecule has 2 aromatic rings. The Morgan fingerprint density at radius 2 is 1.79 bits per heavy atom. The lowest BCUT2D eigenvalue weighted by Crippen LogP contribution is -2.17. The van der Waals surface area contributed by atoms with Crippen molar-refractivity contribution in [2.24, 2.45) is 0 Å². The maximum atomic E-state index is 11.9. The molecule has 0 atom stereocenters. The number of benzene rings is 2. The van der Waals surface area contributed by atoms with Crippen LogP contribution in [-0.4, -0.2) is 21.4 Å². The first-order valence-corrected chi connectivity index (χ1v) is 9.39. The Morgan fingerprint density at radius 1 is 1.04 bits per heavy atom. The number of hydrogen-bond donors (Lipinski definition) is 3. The van der Waals surface area contributed by atoms with Gasteiger partial charge in [-0.15, -0.1) is 13.2 Å². The van der Waals surface area contributed by atoms with E-state index in [2.05, 4.69) is 18.5 Å².